The molecule has 2 aliphatic rings. The van der Waals surface area contributed by atoms with E-state index in [2.05, 4.69) is 195 Å². The topological polar surface area (TPSA) is 51.0 Å². The van der Waals surface area contributed by atoms with E-state index in [9.17, 15) is 0 Å². The van der Waals surface area contributed by atoms with Crippen LogP contribution in [0.1, 0.15) is 59.1 Å². The number of furan rings is 2. The average Bonchev–Trinajstić information content (AvgIpc) is 3.88. The van der Waals surface area contributed by atoms with Crippen molar-refractivity contribution < 1.29 is 8.83 Å². The molecule has 11 aromatic rings. The Bertz CT molecular complexity index is 3830. The standard InChI is InChI=1S/C62H44N2O2/c1-38-26-30-56(63-62(45-19-13-18-40(33-45)39-14-3-2-4-15-39)64-61(38)44-28-31-59-54(35-44)49-22-9-11-24-57(49)65-59)53-36-55-50-23-10-12-25-58(50)66-60(55)37-52(53)48-29-27-43-32-41-16-5-6-17-42(41)34-51(43)47-21-8-7-20-46(47)48/h2-25,28,30-38,48H,26-27,29H2,1H3/b56-30+,63-62-,64-61+. The van der Waals surface area contributed by atoms with Crippen LogP contribution in [0.3, 0.4) is 0 Å². The summed E-state index contributed by atoms with van der Waals surface area (Å²) in [6.45, 7) is 2.30. The summed E-state index contributed by atoms with van der Waals surface area (Å²) in [7, 11) is 0. The van der Waals surface area contributed by atoms with E-state index in [1.165, 1.54) is 38.6 Å². The van der Waals surface area contributed by atoms with Crippen LogP contribution in [-0.2, 0) is 6.42 Å². The maximum Gasteiger partial charge on any atom is 0.160 e. The lowest BCUT2D eigenvalue weighted by Gasteiger charge is -2.24. The van der Waals surface area contributed by atoms with Gasteiger partial charge < -0.3 is 8.83 Å². The Morgan fingerprint density at radius 2 is 1.11 bits per heavy atom. The smallest absolute Gasteiger partial charge is 0.160 e. The molecule has 0 spiro atoms. The van der Waals surface area contributed by atoms with Gasteiger partial charge in [0.25, 0.3) is 0 Å². The predicted molar refractivity (Wildman–Crippen MR) is 274 cm³/mol. The van der Waals surface area contributed by atoms with E-state index < -0.39 is 0 Å². The van der Waals surface area contributed by atoms with Crippen LogP contribution in [0.5, 0.6) is 0 Å². The maximum absolute atomic E-state index is 6.70. The quantitative estimate of drug-likeness (QED) is 0.173. The van der Waals surface area contributed by atoms with E-state index in [1.54, 1.807) is 0 Å². The van der Waals surface area contributed by atoms with Crippen molar-refractivity contribution in [1.29, 1.82) is 0 Å². The Balaban J connectivity index is 1.03. The normalized spacial score (nSPS) is 18.7. The third-order valence-electron chi connectivity index (χ3n) is 14.0. The molecule has 0 saturated carbocycles. The van der Waals surface area contributed by atoms with Crippen molar-refractivity contribution in [3.8, 4) is 22.3 Å². The minimum atomic E-state index is 0.0718. The Hall–Kier alpha value is -8.08. The SMILES string of the molecule is CC1C/C=C(c2cc3c(cc2C2CCc4cc5ccccc5cc4-c4ccccc42)oc2ccccc23)/N=C(c2cccc(-c3ccccc3)c2)\N=C/1c1ccc2oc3ccccc3c2c1. The van der Waals surface area contributed by atoms with Gasteiger partial charge in [-0.3, -0.25) is 0 Å². The minimum absolute atomic E-state index is 0.0718. The number of aryl methyl sites for hydroxylation is 1. The number of allylic oxidation sites excluding steroid dienone is 1. The van der Waals surface area contributed by atoms with Gasteiger partial charge in [0, 0.05) is 44.5 Å². The number of nitrogens with zero attached hydrogens (tertiary/aromatic N) is 2. The van der Waals surface area contributed by atoms with Crippen LogP contribution in [0.4, 0.5) is 0 Å². The molecule has 13 rings (SSSR count). The van der Waals surface area contributed by atoms with E-state index in [1.807, 2.05) is 12.1 Å². The van der Waals surface area contributed by atoms with E-state index in [0.29, 0.717) is 5.84 Å². The highest BCUT2D eigenvalue weighted by molar-refractivity contribution is 6.17. The number of fused-ring (bicyclic) bond motifs is 10. The van der Waals surface area contributed by atoms with Gasteiger partial charge in [0.1, 0.15) is 22.3 Å². The van der Waals surface area contributed by atoms with Crippen molar-refractivity contribution >= 4 is 71.9 Å². The lowest BCUT2D eigenvalue weighted by Crippen LogP contribution is -2.17. The number of hydrogen-bond acceptors (Lipinski definition) is 4. The van der Waals surface area contributed by atoms with Gasteiger partial charge in [0.2, 0.25) is 0 Å². The molecular formula is C62H44N2O2. The van der Waals surface area contributed by atoms with Crippen molar-refractivity contribution in [1.82, 2.24) is 0 Å². The Morgan fingerprint density at radius 1 is 0.439 bits per heavy atom. The van der Waals surface area contributed by atoms with Gasteiger partial charge in [0.05, 0.1) is 11.4 Å². The van der Waals surface area contributed by atoms with Crippen LogP contribution in [-0.4, -0.2) is 11.5 Å². The molecule has 4 heteroatoms. The summed E-state index contributed by atoms with van der Waals surface area (Å²) in [6, 6.07) is 69.7. The van der Waals surface area contributed by atoms with Gasteiger partial charge in [0.15, 0.2) is 5.84 Å². The number of para-hydroxylation sites is 2. The first-order valence-corrected chi connectivity index (χ1v) is 23.1. The van der Waals surface area contributed by atoms with Crippen LogP contribution in [0.2, 0.25) is 0 Å². The summed E-state index contributed by atoms with van der Waals surface area (Å²) in [5.74, 6) is 0.826. The van der Waals surface area contributed by atoms with Crippen LogP contribution in [0, 0.1) is 5.92 Å². The largest absolute Gasteiger partial charge is 0.456 e. The van der Waals surface area contributed by atoms with E-state index in [4.69, 9.17) is 18.8 Å². The molecule has 2 aromatic heterocycles. The molecule has 1 aliphatic carbocycles. The van der Waals surface area contributed by atoms with Gasteiger partial charge in [-0.25, -0.2) is 9.98 Å². The first-order valence-electron chi connectivity index (χ1n) is 23.1. The highest BCUT2D eigenvalue weighted by Gasteiger charge is 2.29. The number of rotatable bonds is 5. The van der Waals surface area contributed by atoms with Gasteiger partial charge in [-0.15, -0.1) is 0 Å². The maximum atomic E-state index is 6.70. The molecule has 0 amide bonds. The third kappa shape index (κ3) is 6.51. The summed E-state index contributed by atoms with van der Waals surface area (Å²) < 4.78 is 13.0. The second-order valence-electron chi connectivity index (χ2n) is 18.0. The summed E-state index contributed by atoms with van der Waals surface area (Å²) in [5.41, 5.74) is 17.4. The average molecular weight is 849 g/mol. The molecule has 0 bridgehead atoms. The lowest BCUT2D eigenvalue weighted by atomic mass is 9.82. The number of hydrogen-bond donors (Lipinski definition) is 0. The van der Waals surface area contributed by atoms with Crippen molar-refractivity contribution in [3.05, 3.63) is 234 Å². The molecule has 314 valence electrons. The number of benzene rings is 9. The first kappa shape index (κ1) is 38.4. The molecule has 0 N–H and O–H groups in total. The molecule has 0 fully saturated rings. The summed E-state index contributed by atoms with van der Waals surface area (Å²) >= 11 is 0. The highest BCUT2D eigenvalue weighted by Crippen LogP contribution is 2.47. The van der Waals surface area contributed by atoms with Gasteiger partial charge in [-0.05, 0) is 129 Å². The molecule has 9 aromatic carbocycles. The molecule has 1 aliphatic heterocycles. The van der Waals surface area contributed by atoms with Crippen molar-refractivity contribution in [2.45, 2.75) is 32.1 Å². The highest BCUT2D eigenvalue weighted by atomic mass is 16.3. The zero-order valence-corrected chi connectivity index (χ0v) is 36.5. The molecule has 3 heterocycles. The van der Waals surface area contributed by atoms with E-state index in [-0.39, 0.29) is 11.8 Å². The Labute approximate surface area is 382 Å². The molecular weight excluding hydrogens is 805 g/mol. The first-order chi connectivity index (χ1) is 32.6. The summed E-state index contributed by atoms with van der Waals surface area (Å²) in [5, 5.41) is 6.92. The minimum Gasteiger partial charge on any atom is -0.456 e. The Morgan fingerprint density at radius 3 is 1.94 bits per heavy atom. The fourth-order valence-corrected chi connectivity index (χ4v) is 10.7. The fourth-order valence-electron chi connectivity index (χ4n) is 10.7. The van der Waals surface area contributed by atoms with Crippen LogP contribution in [0.25, 0.3) is 82.6 Å². The van der Waals surface area contributed by atoms with Gasteiger partial charge >= 0.3 is 0 Å². The molecule has 0 saturated heterocycles. The molecule has 2 unspecified atom stereocenters. The van der Waals surface area contributed by atoms with Crippen molar-refractivity contribution in [2.75, 3.05) is 0 Å². The predicted octanol–water partition coefficient (Wildman–Crippen LogP) is 16.4. The third-order valence-corrected chi connectivity index (χ3v) is 14.0. The monoisotopic (exact) mass is 848 g/mol. The number of aliphatic imine (C=N–C) groups is 2. The molecule has 4 nitrogen and oxygen atoms in total. The molecule has 2 atom stereocenters. The lowest BCUT2D eigenvalue weighted by molar-refractivity contribution is 0.665. The van der Waals surface area contributed by atoms with Crippen LogP contribution in [0.15, 0.2) is 219 Å². The fraction of sp³-hybridized carbons (Fsp3) is 0.0968. The molecule has 0 radical (unpaired) electrons. The Kier molecular flexibility index (Phi) is 9.06. The zero-order valence-electron chi connectivity index (χ0n) is 36.5. The summed E-state index contributed by atoms with van der Waals surface area (Å²) in [6.07, 6.45) is 5.00. The second-order valence-corrected chi connectivity index (χ2v) is 18.0. The van der Waals surface area contributed by atoms with E-state index >= 15 is 0 Å². The second kappa shape index (κ2) is 15.6. The number of amidine groups is 1. The van der Waals surface area contributed by atoms with E-state index in [0.717, 1.165) is 102 Å². The molecule has 66 heavy (non-hydrogen) atoms. The van der Waals surface area contributed by atoms with Crippen molar-refractivity contribution in [3.63, 3.8) is 0 Å². The van der Waals surface area contributed by atoms with Gasteiger partial charge in [-0.1, -0.05) is 153 Å². The van der Waals surface area contributed by atoms with Crippen molar-refractivity contribution in [2.24, 2.45) is 15.9 Å². The van der Waals surface area contributed by atoms with Crippen LogP contribution >= 0.6 is 0 Å². The van der Waals surface area contributed by atoms with Crippen LogP contribution < -0.4 is 0 Å². The zero-order chi connectivity index (χ0) is 43.7. The summed E-state index contributed by atoms with van der Waals surface area (Å²) in [4.78, 5) is 11.4. The van der Waals surface area contributed by atoms with Gasteiger partial charge in [-0.2, -0.15) is 0 Å².